The zero-order chi connectivity index (χ0) is 21.8. The Labute approximate surface area is 182 Å². The van der Waals surface area contributed by atoms with E-state index in [1.165, 1.54) is 6.92 Å². The van der Waals surface area contributed by atoms with Gasteiger partial charge in [0, 0.05) is 31.2 Å². The average Bonchev–Trinajstić information content (AvgIpc) is 2.79. The Balaban J connectivity index is 1.46. The molecule has 162 valence electrons. The number of Topliss-reactive ketones (excluding diaryl/α,β-unsaturated/α-hetero) is 1. The summed E-state index contributed by atoms with van der Waals surface area (Å²) in [6.07, 6.45) is 1.64. The molecule has 1 N–H and O–H groups in total. The molecule has 3 aliphatic heterocycles. The minimum absolute atomic E-state index is 0.131. The molecule has 0 radical (unpaired) electrons. The molecular weight excluding hydrogens is 392 g/mol. The van der Waals surface area contributed by atoms with Gasteiger partial charge in [-0.1, -0.05) is 60.7 Å². The zero-order valence-corrected chi connectivity index (χ0v) is 17.8. The van der Waals surface area contributed by atoms with E-state index in [0.717, 1.165) is 31.5 Å². The van der Waals surface area contributed by atoms with Crippen LogP contribution in [0, 0.1) is 5.92 Å². The third kappa shape index (κ3) is 4.85. The van der Waals surface area contributed by atoms with Crippen molar-refractivity contribution in [1.82, 2.24) is 5.32 Å². The summed E-state index contributed by atoms with van der Waals surface area (Å²) in [5.74, 6) is -0.277. The minimum atomic E-state index is -0.825. The van der Waals surface area contributed by atoms with E-state index in [1.54, 1.807) is 0 Å². The van der Waals surface area contributed by atoms with Crippen molar-refractivity contribution in [3.63, 3.8) is 0 Å². The molecule has 31 heavy (non-hydrogen) atoms. The predicted molar refractivity (Wildman–Crippen MR) is 116 cm³/mol. The number of benzene rings is 2. The van der Waals surface area contributed by atoms with Gasteiger partial charge in [0.1, 0.15) is 13.1 Å². The fourth-order valence-electron chi connectivity index (χ4n) is 4.94. The number of carbonyl (C=O) groups excluding carboxylic acids is 3. The Kier molecular flexibility index (Phi) is 6.18. The number of quaternary nitrogens is 1. The molecule has 6 nitrogen and oxygen atoms in total. The third-order valence-electron chi connectivity index (χ3n) is 6.60. The molecule has 1 amide bonds. The third-order valence-corrected chi connectivity index (χ3v) is 6.60. The van der Waals surface area contributed by atoms with Crippen LogP contribution in [0.25, 0.3) is 0 Å². The van der Waals surface area contributed by atoms with Crippen LogP contribution in [0.3, 0.4) is 0 Å². The van der Waals surface area contributed by atoms with Crippen molar-refractivity contribution in [2.24, 2.45) is 5.92 Å². The molecule has 6 heteroatoms. The van der Waals surface area contributed by atoms with Crippen molar-refractivity contribution >= 4 is 17.7 Å². The number of piperidine rings is 3. The van der Waals surface area contributed by atoms with E-state index in [1.807, 2.05) is 60.7 Å². The number of rotatable bonds is 7. The van der Waals surface area contributed by atoms with E-state index in [2.05, 4.69) is 5.32 Å². The lowest BCUT2D eigenvalue weighted by atomic mass is 9.82. The molecule has 2 aromatic rings. The lowest BCUT2D eigenvalue weighted by molar-refractivity contribution is -0.938. The maximum absolute atomic E-state index is 13.1. The molecule has 2 aromatic carbocycles. The summed E-state index contributed by atoms with van der Waals surface area (Å²) < 4.78 is 6.64. The van der Waals surface area contributed by atoms with Gasteiger partial charge in [-0.05, 0) is 5.56 Å². The summed E-state index contributed by atoms with van der Waals surface area (Å²) in [6.45, 7) is 4.35. The zero-order valence-electron chi connectivity index (χ0n) is 17.8. The van der Waals surface area contributed by atoms with Crippen molar-refractivity contribution < 1.29 is 23.6 Å². The SMILES string of the molecule is CC(=O)NC(C(=O)O[C@H]1C[N+]2(CC(=O)c3ccccc3)CCC1CC2)c1ccccc1. The molecule has 2 atom stereocenters. The molecule has 0 aliphatic carbocycles. The summed E-state index contributed by atoms with van der Waals surface area (Å²) in [6, 6.07) is 17.7. The summed E-state index contributed by atoms with van der Waals surface area (Å²) in [5.41, 5.74) is 1.43. The Morgan fingerprint density at radius 1 is 1.00 bits per heavy atom. The lowest BCUT2D eigenvalue weighted by Gasteiger charge is -2.51. The molecule has 2 bridgehead atoms. The van der Waals surface area contributed by atoms with Crippen molar-refractivity contribution in [3.05, 3.63) is 71.8 Å². The van der Waals surface area contributed by atoms with Crippen LogP contribution in [-0.2, 0) is 14.3 Å². The first kappa shape index (κ1) is 21.2. The highest BCUT2D eigenvalue weighted by molar-refractivity contribution is 5.97. The topological polar surface area (TPSA) is 72.5 Å². The second-order valence-corrected chi connectivity index (χ2v) is 8.78. The van der Waals surface area contributed by atoms with Crippen LogP contribution in [0.2, 0.25) is 0 Å². The van der Waals surface area contributed by atoms with Gasteiger partial charge in [-0.2, -0.15) is 0 Å². The largest absolute Gasteiger partial charge is 0.454 e. The van der Waals surface area contributed by atoms with Gasteiger partial charge < -0.3 is 14.5 Å². The maximum Gasteiger partial charge on any atom is 0.333 e. The smallest absolute Gasteiger partial charge is 0.333 e. The fraction of sp³-hybridized carbons (Fsp3) is 0.400. The molecule has 3 saturated heterocycles. The molecule has 0 aromatic heterocycles. The van der Waals surface area contributed by atoms with E-state index in [0.29, 0.717) is 29.1 Å². The van der Waals surface area contributed by atoms with E-state index in [-0.39, 0.29) is 17.8 Å². The van der Waals surface area contributed by atoms with Gasteiger partial charge in [-0.25, -0.2) is 4.79 Å². The van der Waals surface area contributed by atoms with Gasteiger partial charge in [0.15, 0.2) is 12.1 Å². The Hall–Kier alpha value is -2.99. The first-order valence-electron chi connectivity index (χ1n) is 10.9. The number of carbonyl (C=O) groups is 3. The highest BCUT2D eigenvalue weighted by Gasteiger charge is 2.49. The fourth-order valence-corrected chi connectivity index (χ4v) is 4.94. The molecule has 0 spiro atoms. The van der Waals surface area contributed by atoms with Gasteiger partial charge in [0.05, 0.1) is 13.1 Å². The first-order chi connectivity index (χ1) is 15.0. The number of fused-ring (bicyclic) bond motifs is 3. The molecule has 5 rings (SSSR count). The highest BCUT2D eigenvalue weighted by atomic mass is 16.5. The summed E-state index contributed by atoms with van der Waals surface area (Å²) in [7, 11) is 0. The second-order valence-electron chi connectivity index (χ2n) is 8.78. The molecule has 3 fully saturated rings. The molecule has 1 unspecified atom stereocenters. The molecule has 3 aliphatic rings. The Bertz CT molecular complexity index is 937. The van der Waals surface area contributed by atoms with Gasteiger partial charge in [-0.15, -0.1) is 0 Å². The van der Waals surface area contributed by atoms with E-state index >= 15 is 0 Å². The number of ether oxygens (including phenoxy) is 1. The minimum Gasteiger partial charge on any atom is -0.454 e. The van der Waals surface area contributed by atoms with Crippen LogP contribution in [0.1, 0.15) is 41.7 Å². The number of nitrogens with zero attached hydrogens (tertiary/aromatic N) is 1. The first-order valence-corrected chi connectivity index (χ1v) is 10.9. The summed E-state index contributed by atoms with van der Waals surface area (Å²) >= 11 is 0. The Morgan fingerprint density at radius 3 is 2.23 bits per heavy atom. The monoisotopic (exact) mass is 421 g/mol. The average molecular weight is 422 g/mol. The van der Waals surface area contributed by atoms with Crippen molar-refractivity contribution in [3.8, 4) is 0 Å². The van der Waals surface area contributed by atoms with Crippen LogP contribution in [-0.4, -0.2) is 54.4 Å². The van der Waals surface area contributed by atoms with Crippen LogP contribution in [0.15, 0.2) is 60.7 Å². The second kappa shape index (κ2) is 9.02. The van der Waals surface area contributed by atoms with Gasteiger partial charge in [-0.3, -0.25) is 9.59 Å². The molecule has 3 heterocycles. The molecular formula is C25H29N2O4+. The summed E-state index contributed by atoms with van der Waals surface area (Å²) in [4.78, 5) is 37.6. The quantitative estimate of drug-likeness (QED) is 0.424. The normalized spacial score (nSPS) is 25.5. The van der Waals surface area contributed by atoms with E-state index in [4.69, 9.17) is 4.74 Å². The van der Waals surface area contributed by atoms with Crippen molar-refractivity contribution in [2.75, 3.05) is 26.2 Å². The number of esters is 1. The standard InChI is InChI=1S/C25H28N2O4/c1-18(28)26-24(21-10-6-3-7-11-21)25(30)31-23-17-27(14-12-20(23)13-15-27)16-22(29)19-8-4-2-5-9-19/h2-11,20,23-24H,12-17H2,1H3/p+1/t20?,23-,24?,27?/m0/s1. The van der Waals surface area contributed by atoms with Crippen molar-refractivity contribution in [2.45, 2.75) is 31.9 Å². The van der Waals surface area contributed by atoms with Crippen LogP contribution >= 0.6 is 0 Å². The van der Waals surface area contributed by atoms with Crippen molar-refractivity contribution in [1.29, 1.82) is 0 Å². The van der Waals surface area contributed by atoms with Crippen LogP contribution < -0.4 is 5.32 Å². The van der Waals surface area contributed by atoms with E-state index in [9.17, 15) is 14.4 Å². The lowest BCUT2D eigenvalue weighted by Crippen LogP contribution is -2.66. The van der Waals surface area contributed by atoms with Gasteiger partial charge in [0.2, 0.25) is 11.7 Å². The van der Waals surface area contributed by atoms with Crippen LogP contribution in [0.5, 0.6) is 0 Å². The summed E-state index contributed by atoms with van der Waals surface area (Å²) in [5, 5.41) is 2.72. The Morgan fingerprint density at radius 2 is 1.61 bits per heavy atom. The van der Waals surface area contributed by atoms with E-state index < -0.39 is 12.0 Å². The maximum atomic E-state index is 13.1. The highest BCUT2D eigenvalue weighted by Crippen LogP contribution is 2.36. The molecule has 0 saturated carbocycles. The number of ketones is 1. The van der Waals surface area contributed by atoms with Crippen LogP contribution in [0.4, 0.5) is 0 Å². The van der Waals surface area contributed by atoms with Gasteiger partial charge >= 0.3 is 5.97 Å². The number of nitrogens with one attached hydrogen (secondary N) is 1. The number of hydrogen-bond acceptors (Lipinski definition) is 4. The number of amides is 1. The predicted octanol–water partition coefficient (Wildman–Crippen LogP) is 2.90. The number of hydrogen-bond donors (Lipinski definition) is 1. The van der Waals surface area contributed by atoms with Gasteiger partial charge in [0.25, 0.3) is 0 Å².